The first kappa shape index (κ1) is 10.4. The lowest BCUT2D eigenvalue weighted by atomic mass is 10.2. The lowest BCUT2D eigenvalue weighted by Gasteiger charge is -2.39. The second-order valence-electron chi connectivity index (χ2n) is 4.39. The van der Waals surface area contributed by atoms with Gasteiger partial charge in [-0.15, -0.1) is 0 Å². The van der Waals surface area contributed by atoms with Gasteiger partial charge in [0.25, 0.3) is 0 Å². The standard InChI is InChI=1S/C10H20N2O2/c1-14-7-9-3-2-4-12(9)8-11-5-10(13)6-11/h9-10,13H,2-8H2,1H3/t9-/m0/s1. The van der Waals surface area contributed by atoms with Gasteiger partial charge in [0.1, 0.15) is 0 Å². The third-order valence-corrected chi connectivity index (χ3v) is 3.18. The topological polar surface area (TPSA) is 35.9 Å². The van der Waals surface area contributed by atoms with Crippen molar-refractivity contribution in [3.05, 3.63) is 0 Å². The second kappa shape index (κ2) is 4.57. The Morgan fingerprint density at radius 2 is 2.21 bits per heavy atom. The first-order valence-corrected chi connectivity index (χ1v) is 5.43. The number of aliphatic hydroxyl groups excluding tert-OH is 1. The van der Waals surface area contributed by atoms with Crippen LogP contribution < -0.4 is 0 Å². The smallest absolute Gasteiger partial charge is 0.0794 e. The van der Waals surface area contributed by atoms with E-state index in [0.717, 1.165) is 26.4 Å². The van der Waals surface area contributed by atoms with Crippen LogP contribution in [0, 0.1) is 0 Å². The molecule has 2 rings (SSSR count). The highest BCUT2D eigenvalue weighted by molar-refractivity contribution is 4.83. The van der Waals surface area contributed by atoms with E-state index in [2.05, 4.69) is 9.80 Å². The van der Waals surface area contributed by atoms with Gasteiger partial charge in [-0.05, 0) is 19.4 Å². The molecule has 0 unspecified atom stereocenters. The number of β-amino-alcohol motifs (C(OH)–C–C–N with tert-alkyl or cyclic N) is 1. The van der Waals surface area contributed by atoms with E-state index in [0.29, 0.717) is 6.04 Å². The fourth-order valence-electron chi connectivity index (χ4n) is 2.38. The Kier molecular flexibility index (Phi) is 3.38. The fraction of sp³-hybridized carbons (Fsp3) is 1.00. The van der Waals surface area contributed by atoms with Gasteiger partial charge in [-0.3, -0.25) is 9.80 Å². The summed E-state index contributed by atoms with van der Waals surface area (Å²) in [7, 11) is 1.77. The lowest BCUT2D eigenvalue weighted by Crippen LogP contribution is -2.55. The van der Waals surface area contributed by atoms with Crippen LogP contribution in [0.1, 0.15) is 12.8 Å². The molecule has 0 saturated carbocycles. The fourth-order valence-corrected chi connectivity index (χ4v) is 2.38. The molecule has 2 heterocycles. The summed E-state index contributed by atoms with van der Waals surface area (Å²) in [6, 6.07) is 0.595. The van der Waals surface area contributed by atoms with Crippen LogP contribution in [0.25, 0.3) is 0 Å². The monoisotopic (exact) mass is 200 g/mol. The molecule has 2 saturated heterocycles. The van der Waals surface area contributed by atoms with E-state index in [1.165, 1.54) is 19.4 Å². The van der Waals surface area contributed by atoms with Crippen LogP contribution in [0.2, 0.25) is 0 Å². The average molecular weight is 200 g/mol. The zero-order valence-electron chi connectivity index (χ0n) is 8.85. The molecule has 1 atom stereocenters. The van der Waals surface area contributed by atoms with Gasteiger partial charge in [0.2, 0.25) is 0 Å². The molecular weight excluding hydrogens is 180 g/mol. The third kappa shape index (κ3) is 2.25. The zero-order chi connectivity index (χ0) is 9.97. The van der Waals surface area contributed by atoms with Crippen molar-refractivity contribution in [1.29, 1.82) is 0 Å². The maximum absolute atomic E-state index is 9.18. The number of aliphatic hydroxyl groups is 1. The number of hydrogen-bond donors (Lipinski definition) is 1. The molecule has 0 aromatic rings. The molecular formula is C10H20N2O2. The Bertz CT molecular complexity index is 183. The Hall–Kier alpha value is -0.160. The molecule has 4 heteroatoms. The SMILES string of the molecule is COC[C@@H]1CCCN1CN1CC(O)C1. The van der Waals surface area contributed by atoms with Gasteiger partial charge in [0, 0.05) is 26.2 Å². The van der Waals surface area contributed by atoms with Gasteiger partial charge >= 0.3 is 0 Å². The first-order valence-electron chi connectivity index (χ1n) is 5.43. The summed E-state index contributed by atoms with van der Waals surface area (Å²) in [4.78, 5) is 4.76. The number of methoxy groups -OCH3 is 1. The van der Waals surface area contributed by atoms with E-state index < -0.39 is 0 Å². The first-order chi connectivity index (χ1) is 6.79. The Labute approximate surface area is 85.4 Å². The number of likely N-dealkylation sites (tertiary alicyclic amines) is 2. The molecule has 14 heavy (non-hydrogen) atoms. The van der Waals surface area contributed by atoms with Crippen LogP contribution in [0.4, 0.5) is 0 Å². The summed E-state index contributed by atoms with van der Waals surface area (Å²) >= 11 is 0. The van der Waals surface area contributed by atoms with E-state index in [1.807, 2.05) is 0 Å². The molecule has 1 N–H and O–H groups in total. The van der Waals surface area contributed by atoms with Gasteiger partial charge in [-0.1, -0.05) is 0 Å². The Morgan fingerprint density at radius 3 is 2.86 bits per heavy atom. The van der Waals surface area contributed by atoms with Crippen LogP contribution in [-0.4, -0.2) is 67.1 Å². The number of ether oxygens (including phenoxy) is 1. The maximum atomic E-state index is 9.18. The minimum atomic E-state index is -0.0847. The van der Waals surface area contributed by atoms with E-state index in [9.17, 15) is 5.11 Å². The van der Waals surface area contributed by atoms with Crippen molar-refractivity contribution in [1.82, 2.24) is 9.80 Å². The summed E-state index contributed by atoms with van der Waals surface area (Å²) in [5.74, 6) is 0. The van der Waals surface area contributed by atoms with E-state index in [4.69, 9.17) is 4.74 Å². The van der Waals surface area contributed by atoms with E-state index in [1.54, 1.807) is 7.11 Å². The van der Waals surface area contributed by atoms with Crippen LogP contribution in [0.5, 0.6) is 0 Å². The Morgan fingerprint density at radius 1 is 1.43 bits per heavy atom. The Balaban J connectivity index is 1.73. The second-order valence-corrected chi connectivity index (χ2v) is 4.39. The zero-order valence-corrected chi connectivity index (χ0v) is 8.85. The van der Waals surface area contributed by atoms with Crippen molar-refractivity contribution in [3.63, 3.8) is 0 Å². The molecule has 0 bridgehead atoms. The van der Waals surface area contributed by atoms with Gasteiger partial charge in [-0.2, -0.15) is 0 Å². The molecule has 2 aliphatic heterocycles. The van der Waals surface area contributed by atoms with Gasteiger partial charge < -0.3 is 9.84 Å². The van der Waals surface area contributed by atoms with Gasteiger partial charge in [-0.25, -0.2) is 0 Å². The van der Waals surface area contributed by atoms with Crippen molar-refractivity contribution in [2.24, 2.45) is 0 Å². The minimum absolute atomic E-state index is 0.0847. The largest absolute Gasteiger partial charge is 0.390 e. The molecule has 2 aliphatic rings. The summed E-state index contributed by atoms with van der Waals surface area (Å²) in [5.41, 5.74) is 0. The van der Waals surface area contributed by atoms with Gasteiger partial charge in [0.05, 0.1) is 19.4 Å². The highest BCUT2D eigenvalue weighted by Crippen LogP contribution is 2.19. The van der Waals surface area contributed by atoms with Crippen molar-refractivity contribution >= 4 is 0 Å². The average Bonchev–Trinajstić information content (AvgIpc) is 2.51. The van der Waals surface area contributed by atoms with Crippen molar-refractivity contribution < 1.29 is 9.84 Å². The predicted molar refractivity (Wildman–Crippen MR) is 54.1 cm³/mol. The molecule has 0 aliphatic carbocycles. The maximum Gasteiger partial charge on any atom is 0.0794 e. The molecule has 82 valence electrons. The molecule has 2 fully saturated rings. The molecule has 0 aromatic heterocycles. The molecule has 0 radical (unpaired) electrons. The number of nitrogens with zero attached hydrogens (tertiary/aromatic N) is 2. The summed E-state index contributed by atoms with van der Waals surface area (Å²) in [5, 5.41) is 9.18. The highest BCUT2D eigenvalue weighted by atomic mass is 16.5. The summed E-state index contributed by atoms with van der Waals surface area (Å²) < 4.78 is 5.20. The molecule has 0 amide bonds. The van der Waals surface area contributed by atoms with Crippen LogP contribution >= 0.6 is 0 Å². The van der Waals surface area contributed by atoms with Crippen LogP contribution in [0.15, 0.2) is 0 Å². The van der Waals surface area contributed by atoms with Crippen molar-refractivity contribution in [2.45, 2.75) is 25.0 Å². The van der Waals surface area contributed by atoms with Crippen LogP contribution in [-0.2, 0) is 4.74 Å². The molecule has 0 aromatic carbocycles. The number of rotatable bonds is 4. The molecule has 0 spiro atoms. The van der Waals surface area contributed by atoms with Crippen LogP contribution in [0.3, 0.4) is 0 Å². The van der Waals surface area contributed by atoms with Crippen molar-refractivity contribution in [2.75, 3.05) is 40.0 Å². The van der Waals surface area contributed by atoms with E-state index >= 15 is 0 Å². The molecule has 4 nitrogen and oxygen atoms in total. The minimum Gasteiger partial charge on any atom is -0.390 e. The predicted octanol–water partition coefficient (Wildman–Crippen LogP) is -0.269. The highest BCUT2D eigenvalue weighted by Gasteiger charge is 2.30. The summed E-state index contributed by atoms with van der Waals surface area (Å²) in [6.45, 7) is 4.72. The van der Waals surface area contributed by atoms with E-state index in [-0.39, 0.29) is 6.10 Å². The van der Waals surface area contributed by atoms with Crippen molar-refractivity contribution in [3.8, 4) is 0 Å². The summed E-state index contributed by atoms with van der Waals surface area (Å²) in [6.07, 6.45) is 2.45. The van der Waals surface area contributed by atoms with Gasteiger partial charge in [0.15, 0.2) is 0 Å². The lowest BCUT2D eigenvalue weighted by molar-refractivity contribution is -0.0371. The number of hydrogen-bond acceptors (Lipinski definition) is 4. The third-order valence-electron chi connectivity index (χ3n) is 3.18. The normalized spacial score (nSPS) is 30.9. The quantitative estimate of drug-likeness (QED) is 0.678.